The van der Waals surface area contributed by atoms with Gasteiger partial charge in [0.15, 0.2) is 17.5 Å². The zero-order valence-electron chi connectivity index (χ0n) is 30.6. The van der Waals surface area contributed by atoms with E-state index in [1.165, 1.54) is 38.9 Å². The lowest BCUT2D eigenvalue weighted by molar-refractivity contribution is 0.668. The van der Waals surface area contributed by atoms with Crippen LogP contribution in [-0.2, 0) is 0 Å². The first-order valence-electron chi connectivity index (χ1n) is 19.2. The fraction of sp³-hybridized carbons (Fsp3) is 0.0192. The third-order valence-corrected chi connectivity index (χ3v) is 11.4. The Morgan fingerprint density at radius 1 is 0.351 bits per heavy atom. The van der Waals surface area contributed by atoms with E-state index in [1.54, 1.807) is 0 Å². The van der Waals surface area contributed by atoms with Crippen molar-refractivity contribution in [3.63, 3.8) is 0 Å². The van der Waals surface area contributed by atoms with Gasteiger partial charge in [-0.15, -0.1) is 0 Å². The first kappa shape index (κ1) is 31.7. The summed E-state index contributed by atoms with van der Waals surface area (Å²) < 4.78 is 13.2. The molecule has 0 aliphatic heterocycles. The molecule has 57 heavy (non-hydrogen) atoms. The van der Waals surface area contributed by atoms with Gasteiger partial charge in [-0.2, -0.15) is 0 Å². The Bertz CT molecular complexity index is 3360. The van der Waals surface area contributed by atoms with Crippen LogP contribution in [0.3, 0.4) is 0 Å². The number of rotatable bonds is 5. The smallest absolute Gasteiger partial charge is 0.167 e. The summed E-state index contributed by atoms with van der Waals surface area (Å²) in [5.41, 5.74) is 14.5. The molecule has 1 aliphatic carbocycles. The highest BCUT2D eigenvalue weighted by Crippen LogP contribution is 2.50. The number of nitrogens with zero attached hydrogens (tertiary/aromatic N) is 3. The van der Waals surface area contributed by atoms with Gasteiger partial charge >= 0.3 is 0 Å². The van der Waals surface area contributed by atoms with E-state index in [0.29, 0.717) is 17.5 Å². The number of furan rings is 2. The molecule has 0 radical (unpaired) electrons. The fourth-order valence-corrected chi connectivity index (χ4v) is 8.84. The summed E-state index contributed by atoms with van der Waals surface area (Å²) in [5.74, 6) is 1.77. The molecule has 1 atom stereocenters. The second-order valence-corrected chi connectivity index (χ2v) is 14.7. The molecule has 0 saturated carbocycles. The third kappa shape index (κ3) is 4.99. The molecule has 8 aromatic carbocycles. The van der Waals surface area contributed by atoms with Crippen LogP contribution in [0.15, 0.2) is 191 Å². The van der Waals surface area contributed by atoms with E-state index in [0.717, 1.165) is 60.6 Å². The van der Waals surface area contributed by atoms with Crippen LogP contribution in [0, 0.1) is 0 Å². The number of para-hydroxylation sites is 2. The average molecular weight is 730 g/mol. The van der Waals surface area contributed by atoms with Gasteiger partial charge in [-0.05, 0) is 69.3 Å². The van der Waals surface area contributed by atoms with Crippen molar-refractivity contribution >= 4 is 43.9 Å². The van der Waals surface area contributed by atoms with E-state index in [-0.39, 0.29) is 5.92 Å². The molecule has 1 aliphatic rings. The van der Waals surface area contributed by atoms with Crippen molar-refractivity contribution in [1.82, 2.24) is 15.0 Å². The number of aromatic nitrogens is 3. The fourth-order valence-electron chi connectivity index (χ4n) is 8.84. The first-order chi connectivity index (χ1) is 28.2. The quantitative estimate of drug-likeness (QED) is 0.176. The number of fused-ring (bicyclic) bond motifs is 9. The van der Waals surface area contributed by atoms with E-state index in [1.807, 2.05) is 72.8 Å². The van der Waals surface area contributed by atoms with Crippen molar-refractivity contribution in [2.75, 3.05) is 0 Å². The first-order valence-corrected chi connectivity index (χ1v) is 19.2. The maximum atomic E-state index is 6.72. The number of hydrogen-bond donors (Lipinski definition) is 0. The number of hydrogen-bond acceptors (Lipinski definition) is 5. The highest BCUT2D eigenvalue weighted by atomic mass is 16.3. The Hall–Kier alpha value is -7.63. The average Bonchev–Trinajstić information content (AvgIpc) is 3.96. The van der Waals surface area contributed by atoms with Gasteiger partial charge in [0.1, 0.15) is 22.3 Å². The summed E-state index contributed by atoms with van der Waals surface area (Å²) in [4.78, 5) is 15.4. The lowest BCUT2D eigenvalue weighted by atomic mass is 9.87. The second-order valence-electron chi connectivity index (χ2n) is 14.7. The Labute approximate surface area is 327 Å². The second kappa shape index (κ2) is 12.4. The number of benzene rings is 8. The van der Waals surface area contributed by atoms with Crippen LogP contribution in [-0.4, -0.2) is 15.0 Å². The van der Waals surface area contributed by atoms with Gasteiger partial charge < -0.3 is 8.83 Å². The molecule has 0 spiro atoms. The molecular formula is C52H31N3O2. The third-order valence-electron chi connectivity index (χ3n) is 11.4. The van der Waals surface area contributed by atoms with Gasteiger partial charge in [0, 0.05) is 38.6 Å². The van der Waals surface area contributed by atoms with Crippen molar-refractivity contribution in [2.45, 2.75) is 5.92 Å². The largest absolute Gasteiger partial charge is 0.456 e. The summed E-state index contributed by atoms with van der Waals surface area (Å²) >= 11 is 0. The van der Waals surface area contributed by atoms with Crippen LogP contribution in [0.4, 0.5) is 0 Å². The van der Waals surface area contributed by atoms with Crippen LogP contribution in [0.5, 0.6) is 0 Å². The molecule has 12 rings (SSSR count). The molecule has 5 nitrogen and oxygen atoms in total. The minimum Gasteiger partial charge on any atom is -0.456 e. The Morgan fingerprint density at radius 3 is 1.88 bits per heavy atom. The zero-order chi connectivity index (χ0) is 37.5. The Kier molecular flexibility index (Phi) is 6.92. The summed E-state index contributed by atoms with van der Waals surface area (Å²) in [6, 6.07) is 63.4. The van der Waals surface area contributed by atoms with Crippen LogP contribution in [0.2, 0.25) is 0 Å². The molecule has 0 saturated heterocycles. The molecule has 3 heterocycles. The monoisotopic (exact) mass is 729 g/mol. The van der Waals surface area contributed by atoms with Gasteiger partial charge in [-0.1, -0.05) is 152 Å². The molecule has 0 N–H and O–H groups in total. The van der Waals surface area contributed by atoms with Crippen molar-refractivity contribution in [3.05, 3.63) is 199 Å². The van der Waals surface area contributed by atoms with Crippen LogP contribution >= 0.6 is 0 Å². The molecule has 0 bridgehead atoms. The van der Waals surface area contributed by atoms with Crippen molar-refractivity contribution in [1.29, 1.82) is 0 Å². The molecule has 0 amide bonds. The molecule has 266 valence electrons. The molecule has 3 aromatic heterocycles. The van der Waals surface area contributed by atoms with Crippen LogP contribution in [0.25, 0.3) is 100 Å². The van der Waals surface area contributed by atoms with Gasteiger partial charge in [0.05, 0.1) is 5.56 Å². The molecule has 0 fully saturated rings. The van der Waals surface area contributed by atoms with E-state index >= 15 is 0 Å². The Balaban J connectivity index is 1.03. The van der Waals surface area contributed by atoms with Crippen molar-refractivity contribution < 1.29 is 8.83 Å². The van der Waals surface area contributed by atoms with E-state index in [2.05, 4.69) is 109 Å². The maximum absolute atomic E-state index is 6.72. The van der Waals surface area contributed by atoms with Gasteiger partial charge in [-0.3, -0.25) is 0 Å². The highest BCUT2D eigenvalue weighted by Gasteiger charge is 2.31. The van der Waals surface area contributed by atoms with E-state index in [9.17, 15) is 0 Å². The normalized spacial score (nSPS) is 13.4. The summed E-state index contributed by atoms with van der Waals surface area (Å²) in [6.07, 6.45) is 0. The van der Waals surface area contributed by atoms with Crippen molar-refractivity contribution in [3.8, 4) is 56.4 Å². The highest BCUT2D eigenvalue weighted by molar-refractivity contribution is 6.12. The maximum Gasteiger partial charge on any atom is 0.167 e. The Morgan fingerprint density at radius 2 is 1.00 bits per heavy atom. The van der Waals surface area contributed by atoms with Crippen LogP contribution < -0.4 is 0 Å². The summed E-state index contributed by atoms with van der Waals surface area (Å²) in [7, 11) is 0. The van der Waals surface area contributed by atoms with Gasteiger partial charge in [0.25, 0.3) is 0 Å². The van der Waals surface area contributed by atoms with Crippen molar-refractivity contribution in [2.24, 2.45) is 0 Å². The minimum atomic E-state index is 0.0671. The lowest BCUT2D eigenvalue weighted by Gasteiger charge is -2.15. The lowest BCUT2D eigenvalue weighted by Crippen LogP contribution is -2.00. The van der Waals surface area contributed by atoms with Gasteiger partial charge in [0.2, 0.25) is 0 Å². The van der Waals surface area contributed by atoms with E-state index in [4.69, 9.17) is 23.8 Å². The topological polar surface area (TPSA) is 65.0 Å². The molecule has 11 aromatic rings. The summed E-state index contributed by atoms with van der Waals surface area (Å²) in [6.45, 7) is 0. The van der Waals surface area contributed by atoms with Crippen LogP contribution in [0.1, 0.15) is 22.6 Å². The minimum absolute atomic E-state index is 0.0671. The van der Waals surface area contributed by atoms with Gasteiger partial charge in [-0.25, -0.2) is 15.0 Å². The summed E-state index contributed by atoms with van der Waals surface area (Å²) in [5, 5.41) is 4.06. The molecule has 5 heteroatoms. The standard InChI is InChI=1S/C52H31N3O2/c1-3-13-31(14-4-1)33-25-27-36-35-17-7-8-19-38(35)47(43(36)29-33)34-26-28-40-46(30-34)56-45-24-12-21-41(48(40)45)51-53-50(32-15-5-2-6-16-32)54-52(55-51)42-22-11-20-39-37-18-9-10-23-44(37)57-49(39)42/h1-30,47H. The predicted octanol–water partition coefficient (Wildman–Crippen LogP) is 13.5. The molecule has 1 unspecified atom stereocenters. The zero-order valence-corrected chi connectivity index (χ0v) is 30.6. The predicted molar refractivity (Wildman–Crippen MR) is 229 cm³/mol. The van der Waals surface area contributed by atoms with E-state index < -0.39 is 0 Å². The molecular weight excluding hydrogens is 699 g/mol. The SMILES string of the molecule is c1ccc(-c2ccc3c(c2)C(c2ccc4c(c2)oc2cccc(-c5nc(-c6ccccc6)nc(-c6cccc7c6oc6ccccc67)n5)c24)c2ccccc2-3)cc1.